The van der Waals surface area contributed by atoms with Gasteiger partial charge in [0.2, 0.25) is 0 Å². The van der Waals surface area contributed by atoms with Gasteiger partial charge >= 0.3 is 18.1 Å². The largest absolute Gasteiger partial charge is 0.478 e. The average molecular weight is 867 g/mol. The molecule has 0 atom stereocenters. The van der Waals surface area contributed by atoms with Gasteiger partial charge in [0.25, 0.3) is 20.0 Å². The average Bonchev–Trinajstić information content (AvgIpc) is 3.20. The van der Waals surface area contributed by atoms with Gasteiger partial charge in [-0.25, -0.2) is 35.2 Å². The lowest BCUT2D eigenvalue weighted by atomic mass is 10.0. The highest BCUT2D eigenvalue weighted by Gasteiger charge is 2.37. The minimum atomic E-state index is -4.80. The van der Waals surface area contributed by atoms with Crippen LogP contribution >= 0.6 is 0 Å². The standard InChI is InChI=1S/C22H18F3NO4S.C21H17F2NO4S/c23-22(24,25)19-6-1-2-7-20(19)31(29,30)26-18-12-10-15(11-13-18)8-9-16-4-3-5-17(14-16)21(27)28;22-17-8-11-20(19(23)13-17)29(27,28)24-18-9-6-14(7-10-18)4-5-15-2-1-3-16(12-15)21(25)26/h1-7,10-14,26H,8-9H2,(H,27,28);1-3,6-13,24H,4-5H2,(H,25,26). The van der Waals surface area contributed by atoms with Gasteiger partial charge in [-0.15, -0.1) is 0 Å². The summed E-state index contributed by atoms with van der Waals surface area (Å²) in [6, 6.07) is 32.3. The summed E-state index contributed by atoms with van der Waals surface area (Å²) in [6.45, 7) is 0. The highest BCUT2D eigenvalue weighted by molar-refractivity contribution is 7.93. The van der Waals surface area contributed by atoms with Crippen molar-refractivity contribution in [2.24, 2.45) is 0 Å². The van der Waals surface area contributed by atoms with Gasteiger partial charge in [-0.2, -0.15) is 13.2 Å². The number of carboxylic acid groups (broad SMARTS) is 2. The number of anilines is 2. The number of nitrogens with one attached hydrogen (secondary N) is 2. The number of aryl methyl sites for hydroxylation is 4. The first-order chi connectivity index (χ1) is 28.3. The maximum absolute atomic E-state index is 13.8. The molecule has 0 aliphatic rings. The molecule has 0 amide bonds. The molecule has 6 aromatic carbocycles. The normalized spacial score (nSPS) is 11.6. The summed E-state index contributed by atoms with van der Waals surface area (Å²) < 4.78 is 120. The minimum Gasteiger partial charge on any atom is -0.478 e. The second kappa shape index (κ2) is 19.0. The summed E-state index contributed by atoms with van der Waals surface area (Å²) in [7, 11) is -8.62. The van der Waals surface area contributed by atoms with E-state index in [0.29, 0.717) is 31.7 Å². The van der Waals surface area contributed by atoms with Crippen molar-refractivity contribution >= 4 is 43.4 Å². The first kappa shape index (κ1) is 44.5. The molecule has 17 heteroatoms. The molecule has 0 heterocycles. The van der Waals surface area contributed by atoms with Gasteiger partial charge in [0.05, 0.1) is 21.6 Å². The maximum atomic E-state index is 13.8. The Hall–Kier alpha value is -6.59. The second-order valence-corrected chi connectivity index (χ2v) is 16.5. The molecule has 0 aromatic heterocycles. The first-order valence-electron chi connectivity index (χ1n) is 17.8. The summed E-state index contributed by atoms with van der Waals surface area (Å²) in [5, 5.41) is 18.1. The van der Waals surface area contributed by atoms with Crippen LogP contribution in [0.1, 0.15) is 48.5 Å². The van der Waals surface area contributed by atoms with Crippen molar-refractivity contribution < 1.29 is 58.6 Å². The quantitative estimate of drug-likeness (QED) is 0.0787. The number of benzene rings is 6. The van der Waals surface area contributed by atoms with Gasteiger partial charge in [-0.3, -0.25) is 9.44 Å². The highest BCUT2D eigenvalue weighted by Crippen LogP contribution is 2.34. The lowest BCUT2D eigenvalue weighted by Gasteiger charge is -2.14. The number of halogens is 5. The predicted octanol–water partition coefficient (Wildman–Crippen LogP) is 9.24. The van der Waals surface area contributed by atoms with Crippen molar-refractivity contribution in [3.05, 3.63) is 190 Å². The Morgan fingerprint density at radius 2 is 0.933 bits per heavy atom. The summed E-state index contributed by atoms with van der Waals surface area (Å²) in [5.41, 5.74) is 3.05. The van der Waals surface area contributed by atoms with Crippen molar-refractivity contribution in [2.45, 2.75) is 41.7 Å². The molecule has 0 spiro atoms. The Labute approximate surface area is 342 Å². The molecule has 6 aromatic rings. The van der Waals surface area contributed by atoms with Crippen molar-refractivity contribution in [3.8, 4) is 0 Å². The monoisotopic (exact) mass is 866 g/mol. The van der Waals surface area contributed by atoms with E-state index in [1.807, 2.05) is 12.1 Å². The third kappa shape index (κ3) is 12.2. The van der Waals surface area contributed by atoms with Crippen LogP contribution in [-0.2, 0) is 51.9 Å². The van der Waals surface area contributed by atoms with E-state index in [4.69, 9.17) is 10.2 Å². The molecule has 10 nitrogen and oxygen atoms in total. The fraction of sp³-hybridized carbons (Fsp3) is 0.116. The summed E-state index contributed by atoms with van der Waals surface area (Å²) in [6.07, 6.45) is -2.40. The number of hydrogen-bond acceptors (Lipinski definition) is 6. The zero-order valence-electron chi connectivity index (χ0n) is 31.2. The molecular formula is C43H35F5N2O8S2. The predicted molar refractivity (Wildman–Crippen MR) is 214 cm³/mol. The SMILES string of the molecule is O=C(O)c1cccc(CCc2ccc(NS(=O)(=O)c3ccc(F)cc3F)cc2)c1.O=C(O)c1cccc(CCc2ccc(NS(=O)(=O)c3ccccc3C(F)(F)F)cc2)c1. The van der Waals surface area contributed by atoms with Crippen LogP contribution in [0.4, 0.5) is 33.3 Å². The Morgan fingerprint density at radius 3 is 1.37 bits per heavy atom. The lowest BCUT2D eigenvalue weighted by Crippen LogP contribution is -2.18. The zero-order valence-corrected chi connectivity index (χ0v) is 32.8. The molecule has 0 radical (unpaired) electrons. The Balaban J connectivity index is 0.000000228. The molecule has 312 valence electrons. The summed E-state index contributed by atoms with van der Waals surface area (Å²) >= 11 is 0. The van der Waals surface area contributed by atoms with Crippen molar-refractivity contribution in [3.63, 3.8) is 0 Å². The topological polar surface area (TPSA) is 167 Å². The Bertz CT molecular complexity index is 2710. The highest BCUT2D eigenvalue weighted by atomic mass is 32.2. The van der Waals surface area contributed by atoms with E-state index in [0.717, 1.165) is 52.6 Å². The van der Waals surface area contributed by atoms with Crippen LogP contribution in [0, 0.1) is 11.6 Å². The van der Waals surface area contributed by atoms with Gasteiger partial charge in [-0.05, 0) is 121 Å². The number of carbonyl (C=O) groups is 2. The number of hydrogen-bond donors (Lipinski definition) is 4. The number of rotatable bonds is 14. The van der Waals surface area contributed by atoms with E-state index in [2.05, 4.69) is 9.44 Å². The first-order valence-corrected chi connectivity index (χ1v) is 20.8. The maximum Gasteiger partial charge on any atom is 0.417 e. The summed E-state index contributed by atoms with van der Waals surface area (Å²) in [4.78, 5) is 20.6. The third-order valence-corrected chi connectivity index (χ3v) is 11.7. The number of carboxylic acids is 2. The Morgan fingerprint density at radius 1 is 0.500 bits per heavy atom. The van der Waals surface area contributed by atoms with E-state index in [1.54, 1.807) is 60.7 Å². The third-order valence-electron chi connectivity index (χ3n) is 8.83. The van der Waals surface area contributed by atoms with Crippen LogP contribution in [-0.4, -0.2) is 39.0 Å². The van der Waals surface area contributed by atoms with Gasteiger partial charge < -0.3 is 10.2 Å². The van der Waals surface area contributed by atoms with Crippen LogP contribution in [0.5, 0.6) is 0 Å². The molecule has 0 aliphatic carbocycles. The summed E-state index contributed by atoms with van der Waals surface area (Å²) in [5.74, 6) is -4.02. The molecule has 0 saturated carbocycles. The van der Waals surface area contributed by atoms with Crippen molar-refractivity contribution in [1.29, 1.82) is 0 Å². The van der Waals surface area contributed by atoms with Crippen LogP contribution in [0.25, 0.3) is 0 Å². The van der Waals surface area contributed by atoms with Gasteiger partial charge in [0.1, 0.15) is 16.5 Å². The van der Waals surface area contributed by atoms with Gasteiger partial charge in [0, 0.05) is 17.4 Å². The molecule has 0 fully saturated rings. The van der Waals surface area contributed by atoms with E-state index in [-0.39, 0.29) is 22.5 Å². The van der Waals surface area contributed by atoms with Crippen LogP contribution in [0.3, 0.4) is 0 Å². The van der Waals surface area contributed by atoms with E-state index in [1.165, 1.54) is 30.3 Å². The fourth-order valence-corrected chi connectivity index (χ4v) is 8.23. The molecule has 0 unspecified atom stereocenters. The smallest absolute Gasteiger partial charge is 0.417 e. The lowest BCUT2D eigenvalue weighted by molar-refractivity contribution is -0.139. The molecule has 60 heavy (non-hydrogen) atoms. The van der Waals surface area contributed by atoms with Gasteiger partial charge in [-0.1, -0.05) is 60.7 Å². The molecule has 4 N–H and O–H groups in total. The van der Waals surface area contributed by atoms with Gasteiger partial charge in [0.15, 0.2) is 0 Å². The van der Waals surface area contributed by atoms with Crippen molar-refractivity contribution in [1.82, 2.24) is 0 Å². The molecule has 0 bridgehead atoms. The van der Waals surface area contributed by atoms with Crippen LogP contribution < -0.4 is 9.44 Å². The van der Waals surface area contributed by atoms with Crippen molar-refractivity contribution in [2.75, 3.05) is 9.44 Å². The molecule has 0 saturated heterocycles. The number of sulfonamides is 2. The van der Waals surface area contributed by atoms with E-state index >= 15 is 0 Å². The fourth-order valence-electron chi connectivity index (χ4n) is 5.82. The van der Waals surface area contributed by atoms with Crippen LogP contribution in [0.15, 0.2) is 149 Å². The number of aromatic carboxylic acids is 2. The van der Waals surface area contributed by atoms with E-state index < -0.39 is 65.2 Å². The minimum absolute atomic E-state index is 0.133. The van der Waals surface area contributed by atoms with Crippen LogP contribution in [0.2, 0.25) is 0 Å². The number of alkyl halides is 3. The van der Waals surface area contributed by atoms with E-state index in [9.17, 15) is 48.4 Å². The molecule has 6 rings (SSSR count). The Kier molecular flexibility index (Phi) is 14.1. The second-order valence-electron chi connectivity index (χ2n) is 13.2. The molecule has 0 aliphatic heterocycles. The molecular weight excluding hydrogens is 832 g/mol. The zero-order chi connectivity index (χ0) is 43.7.